The minimum absolute atomic E-state index is 0.0995. The number of nitrogens with one attached hydrogen (secondary N) is 1. The van der Waals surface area contributed by atoms with Crippen LogP contribution in [-0.2, 0) is 29.4 Å². The molecule has 1 N–H and O–H groups in total. The fraction of sp³-hybridized carbons (Fsp3) is 0.179. The molecule has 2 amide bonds. The summed E-state index contributed by atoms with van der Waals surface area (Å²) in [5.74, 6) is 1.12. The van der Waals surface area contributed by atoms with E-state index in [0.717, 1.165) is 18.2 Å². The van der Waals surface area contributed by atoms with E-state index in [9.17, 15) is 26.4 Å². The van der Waals surface area contributed by atoms with Crippen molar-refractivity contribution in [2.75, 3.05) is 11.9 Å². The molecule has 210 valence electrons. The van der Waals surface area contributed by atoms with Crippen LogP contribution in [0.3, 0.4) is 0 Å². The van der Waals surface area contributed by atoms with E-state index >= 15 is 0 Å². The third kappa shape index (κ3) is 7.56. The maximum Gasteiger partial charge on any atom is 0.416 e. The Bertz CT molecular complexity index is 1520. The number of hydrogen-bond acceptors (Lipinski definition) is 6. The lowest BCUT2D eigenvalue weighted by Crippen LogP contribution is -2.34. The first-order valence-electron chi connectivity index (χ1n) is 12.1. The Morgan fingerprint density at radius 2 is 1.62 bits per heavy atom. The number of amides is 2. The summed E-state index contributed by atoms with van der Waals surface area (Å²) in [6, 6.07) is 19.0. The van der Waals surface area contributed by atoms with E-state index in [4.69, 9.17) is 13.3 Å². The highest BCUT2D eigenvalue weighted by Crippen LogP contribution is 2.31. The molecule has 1 aromatic heterocycles. The number of alkyl halides is 3. The van der Waals surface area contributed by atoms with E-state index in [1.165, 1.54) is 23.3 Å². The molecule has 0 aliphatic rings. The number of carbonyl (C=O) groups excluding carboxylic acids is 1. The van der Waals surface area contributed by atoms with Crippen molar-refractivity contribution in [2.24, 2.45) is 0 Å². The van der Waals surface area contributed by atoms with E-state index in [0.29, 0.717) is 35.4 Å². The lowest BCUT2D eigenvalue weighted by atomic mass is 10.2. The summed E-state index contributed by atoms with van der Waals surface area (Å²) < 4.78 is 80.0. The second kappa shape index (κ2) is 12.2. The number of halogens is 3. The van der Waals surface area contributed by atoms with Crippen LogP contribution in [0.15, 0.2) is 101 Å². The molecule has 8 nitrogen and oxygen atoms in total. The van der Waals surface area contributed by atoms with Crippen molar-refractivity contribution in [1.82, 2.24) is 4.90 Å². The Labute approximate surface area is 229 Å². The first kappa shape index (κ1) is 28.6. The molecule has 12 heteroatoms. The number of hydrogen-bond donors (Lipinski definition) is 1. The van der Waals surface area contributed by atoms with Crippen LogP contribution in [0.25, 0.3) is 0 Å². The normalized spacial score (nSPS) is 11.6. The minimum Gasteiger partial charge on any atom is -0.494 e. The molecular formula is C28H25F3N2O6S. The largest absolute Gasteiger partial charge is 0.494 e. The second-order valence-electron chi connectivity index (χ2n) is 8.53. The Balaban J connectivity index is 1.46. The van der Waals surface area contributed by atoms with Gasteiger partial charge in [0.15, 0.2) is 0 Å². The topological polar surface area (TPSA) is 98.1 Å². The van der Waals surface area contributed by atoms with Gasteiger partial charge in [0.25, 0.3) is 0 Å². The van der Waals surface area contributed by atoms with Crippen molar-refractivity contribution in [2.45, 2.75) is 31.1 Å². The van der Waals surface area contributed by atoms with Crippen LogP contribution in [-0.4, -0.2) is 26.0 Å². The van der Waals surface area contributed by atoms with Crippen molar-refractivity contribution >= 4 is 21.8 Å². The summed E-state index contributed by atoms with van der Waals surface area (Å²) in [5.41, 5.74) is 0.0892. The molecule has 3 aromatic carbocycles. The zero-order valence-electron chi connectivity index (χ0n) is 21.2. The molecule has 0 saturated carbocycles. The molecule has 0 atom stereocenters. The SMILES string of the molecule is CCOc1ccc(NC(=O)N(Cc2ccc(OS(=O)(=O)c3cccc(C(F)(F)F)c3)cc2)Cc2ccco2)cc1. The lowest BCUT2D eigenvalue weighted by Gasteiger charge is -2.22. The van der Waals surface area contributed by atoms with Crippen molar-refractivity contribution < 1.29 is 39.7 Å². The fourth-order valence-corrected chi connectivity index (χ4v) is 4.64. The first-order chi connectivity index (χ1) is 19.0. The third-order valence-corrected chi connectivity index (χ3v) is 6.83. The third-order valence-electron chi connectivity index (χ3n) is 5.58. The molecule has 0 fully saturated rings. The molecular weight excluding hydrogens is 549 g/mol. The highest BCUT2D eigenvalue weighted by molar-refractivity contribution is 7.87. The maximum atomic E-state index is 13.1. The summed E-state index contributed by atoms with van der Waals surface area (Å²) in [6.45, 7) is 2.67. The van der Waals surface area contributed by atoms with Crippen molar-refractivity contribution in [1.29, 1.82) is 0 Å². The quantitative estimate of drug-likeness (QED) is 0.212. The summed E-state index contributed by atoms with van der Waals surface area (Å²) in [7, 11) is -4.52. The molecule has 0 aliphatic heterocycles. The summed E-state index contributed by atoms with van der Waals surface area (Å²) in [4.78, 5) is 14.0. The second-order valence-corrected chi connectivity index (χ2v) is 10.1. The summed E-state index contributed by atoms with van der Waals surface area (Å²) in [5, 5.41) is 2.83. The first-order valence-corrected chi connectivity index (χ1v) is 13.5. The lowest BCUT2D eigenvalue weighted by molar-refractivity contribution is -0.137. The van der Waals surface area contributed by atoms with Crippen molar-refractivity contribution in [3.05, 3.63) is 108 Å². The van der Waals surface area contributed by atoms with Crippen molar-refractivity contribution in [3.8, 4) is 11.5 Å². The van der Waals surface area contributed by atoms with Gasteiger partial charge in [-0.15, -0.1) is 0 Å². The average Bonchev–Trinajstić information content (AvgIpc) is 3.43. The molecule has 0 radical (unpaired) electrons. The van der Waals surface area contributed by atoms with Crippen LogP contribution in [0, 0.1) is 0 Å². The average molecular weight is 575 g/mol. The van der Waals surface area contributed by atoms with Crippen LogP contribution >= 0.6 is 0 Å². The van der Waals surface area contributed by atoms with E-state index in [2.05, 4.69) is 5.32 Å². The highest BCUT2D eigenvalue weighted by atomic mass is 32.2. The molecule has 4 rings (SSSR count). The highest BCUT2D eigenvalue weighted by Gasteiger charge is 2.32. The molecule has 0 spiro atoms. The molecule has 0 aliphatic carbocycles. The number of urea groups is 1. The van der Waals surface area contributed by atoms with Crippen LogP contribution in [0.1, 0.15) is 23.8 Å². The van der Waals surface area contributed by atoms with E-state index in [1.807, 2.05) is 6.92 Å². The monoisotopic (exact) mass is 574 g/mol. The van der Waals surface area contributed by atoms with Crippen LogP contribution in [0.2, 0.25) is 0 Å². The van der Waals surface area contributed by atoms with Crippen LogP contribution in [0.5, 0.6) is 11.5 Å². The van der Waals surface area contributed by atoms with Crippen LogP contribution in [0.4, 0.5) is 23.7 Å². The zero-order valence-corrected chi connectivity index (χ0v) is 22.0. The van der Waals surface area contributed by atoms with Gasteiger partial charge in [0, 0.05) is 12.2 Å². The molecule has 4 aromatic rings. The van der Waals surface area contributed by atoms with E-state index in [1.54, 1.807) is 48.5 Å². The van der Waals surface area contributed by atoms with Gasteiger partial charge in [0.05, 0.1) is 25.0 Å². The fourth-order valence-electron chi connectivity index (χ4n) is 3.67. The number of anilines is 1. The van der Waals surface area contributed by atoms with Crippen LogP contribution < -0.4 is 14.2 Å². The van der Waals surface area contributed by atoms with Gasteiger partial charge >= 0.3 is 22.3 Å². The standard InChI is InChI=1S/C28H25F3N2O6S/c1-2-37-23-14-10-22(11-15-23)32-27(34)33(19-25-6-4-16-38-25)18-20-8-12-24(13-9-20)39-40(35,36)26-7-3-5-21(17-26)28(29,30)31/h3-17H,2,18-19H2,1H3,(H,32,34). The predicted octanol–water partition coefficient (Wildman–Crippen LogP) is 6.70. The number of ether oxygens (including phenoxy) is 1. The molecule has 0 unspecified atom stereocenters. The number of benzene rings is 3. The van der Waals surface area contributed by atoms with Gasteiger partial charge in [-0.2, -0.15) is 21.6 Å². The molecule has 1 heterocycles. The van der Waals surface area contributed by atoms with Gasteiger partial charge in [-0.1, -0.05) is 18.2 Å². The summed E-state index contributed by atoms with van der Waals surface area (Å²) in [6.07, 6.45) is -3.21. The van der Waals surface area contributed by atoms with Gasteiger partial charge in [-0.05, 0) is 79.2 Å². The number of carbonyl (C=O) groups is 1. The predicted molar refractivity (Wildman–Crippen MR) is 140 cm³/mol. The van der Waals surface area contributed by atoms with E-state index < -0.39 is 32.8 Å². The smallest absolute Gasteiger partial charge is 0.416 e. The van der Waals surface area contributed by atoms with Gasteiger partial charge < -0.3 is 23.6 Å². The molecule has 0 bridgehead atoms. The number of nitrogens with zero attached hydrogens (tertiary/aromatic N) is 1. The Kier molecular flexibility index (Phi) is 8.68. The number of rotatable bonds is 10. The minimum atomic E-state index is -4.70. The van der Waals surface area contributed by atoms with Gasteiger partial charge in [-0.25, -0.2) is 4.79 Å². The number of furan rings is 1. The Morgan fingerprint density at radius 1 is 0.925 bits per heavy atom. The van der Waals surface area contributed by atoms with Gasteiger partial charge in [0.2, 0.25) is 0 Å². The zero-order chi connectivity index (χ0) is 28.8. The van der Waals surface area contributed by atoms with Gasteiger partial charge in [0.1, 0.15) is 22.2 Å². The van der Waals surface area contributed by atoms with E-state index in [-0.39, 0.29) is 18.8 Å². The molecule has 0 saturated heterocycles. The maximum absolute atomic E-state index is 13.1. The van der Waals surface area contributed by atoms with Crippen molar-refractivity contribution in [3.63, 3.8) is 0 Å². The Morgan fingerprint density at radius 3 is 2.25 bits per heavy atom. The molecule has 40 heavy (non-hydrogen) atoms. The Hall–Kier alpha value is -4.45. The van der Waals surface area contributed by atoms with Gasteiger partial charge in [-0.3, -0.25) is 0 Å². The summed E-state index contributed by atoms with van der Waals surface area (Å²) >= 11 is 0.